The molecule has 2 amide bonds. The van der Waals surface area contributed by atoms with Crippen LogP contribution in [0.1, 0.15) is 23.6 Å². The maximum Gasteiger partial charge on any atom is 0.366 e. The summed E-state index contributed by atoms with van der Waals surface area (Å²) in [6.07, 6.45) is 1.17. The molecule has 0 bridgehead atoms. The quantitative estimate of drug-likeness (QED) is 0.793. The van der Waals surface area contributed by atoms with E-state index in [4.69, 9.17) is 39.0 Å². The van der Waals surface area contributed by atoms with Gasteiger partial charge in [0.25, 0.3) is 0 Å². The van der Waals surface area contributed by atoms with Crippen molar-refractivity contribution in [3.63, 3.8) is 0 Å². The predicted octanol–water partition coefficient (Wildman–Crippen LogP) is 2.70. The summed E-state index contributed by atoms with van der Waals surface area (Å²) in [4.78, 5) is 12.2. The molecule has 23 heavy (non-hydrogen) atoms. The fraction of sp³-hybridized carbons (Fsp3) is 0.462. The minimum absolute atomic E-state index is 0.404. The first-order valence-electron chi connectivity index (χ1n) is 6.83. The molecule has 1 aliphatic carbocycles. The number of halogens is 3. The van der Waals surface area contributed by atoms with Crippen LogP contribution in [0, 0.1) is 0 Å². The molecular formula is C13H13Cl3N2O4S. The van der Waals surface area contributed by atoms with Crippen LogP contribution in [0.25, 0.3) is 0 Å². The van der Waals surface area contributed by atoms with Crippen LogP contribution in [0.2, 0.25) is 0 Å². The molecule has 0 radical (unpaired) electrons. The summed E-state index contributed by atoms with van der Waals surface area (Å²) in [6.45, 7) is -0.669. The van der Waals surface area contributed by atoms with Crippen LogP contribution in [0.5, 0.6) is 0 Å². The summed E-state index contributed by atoms with van der Waals surface area (Å²) < 4.78 is 28.2. The SMILES string of the molecule is O=C1N[C@@H]2c3ccccc3CCC2N1S(=O)(=O)OCC(Cl)(Cl)Cl. The first kappa shape index (κ1) is 17.1. The highest BCUT2D eigenvalue weighted by Gasteiger charge is 2.49. The van der Waals surface area contributed by atoms with Gasteiger partial charge in [0.1, 0.15) is 6.61 Å². The standard InChI is InChI=1S/C13H13Cl3N2O4S/c14-13(15,16)7-22-23(20,21)18-10-6-5-8-3-1-2-4-9(8)11(10)17-12(18)19/h1-4,10-11H,5-7H2,(H,17,19)/t10?,11-/m1/s1. The van der Waals surface area contributed by atoms with Crippen LogP contribution < -0.4 is 5.32 Å². The van der Waals surface area contributed by atoms with E-state index in [2.05, 4.69) is 5.32 Å². The molecule has 0 saturated carbocycles. The molecular weight excluding hydrogens is 387 g/mol. The van der Waals surface area contributed by atoms with Gasteiger partial charge in [0.05, 0.1) is 12.1 Å². The number of aryl methyl sites for hydroxylation is 1. The lowest BCUT2D eigenvalue weighted by Gasteiger charge is -2.30. The number of amides is 2. The number of rotatable bonds is 3. The number of hydrogen-bond acceptors (Lipinski definition) is 4. The number of alkyl halides is 3. The van der Waals surface area contributed by atoms with Crippen molar-refractivity contribution >= 4 is 51.1 Å². The first-order valence-corrected chi connectivity index (χ1v) is 9.33. The van der Waals surface area contributed by atoms with Crippen LogP contribution in [0.4, 0.5) is 4.79 Å². The van der Waals surface area contributed by atoms with Gasteiger partial charge in [-0.1, -0.05) is 59.1 Å². The maximum absolute atomic E-state index is 12.3. The molecule has 2 atom stereocenters. The van der Waals surface area contributed by atoms with Gasteiger partial charge in [-0.25, -0.2) is 8.98 Å². The number of nitrogens with one attached hydrogen (secondary N) is 1. The van der Waals surface area contributed by atoms with E-state index in [1.807, 2.05) is 24.3 Å². The van der Waals surface area contributed by atoms with Gasteiger partial charge in [-0.15, -0.1) is 0 Å². The Morgan fingerprint density at radius 2 is 2.00 bits per heavy atom. The van der Waals surface area contributed by atoms with Gasteiger partial charge in [0.2, 0.25) is 3.79 Å². The Morgan fingerprint density at radius 3 is 2.70 bits per heavy atom. The molecule has 1 aliphatic heterocycles. The number of urea groups is 1. The van der Waals surface area contributed by atoms with Crippen molar-refractivity contribution in [1.29, 1.82) is 0 Å². The number of carbonyl (C=O) groups is 1. The number of nitrogens with zero attached hydrogens (tertiary/aromatic N) is 1. The second-order valence-electron chi connectivity index (χ2n) is 5.36. The van der Waals surface area contributed by atoms with Gasteiger partial charge in [-0.2, -0.15) is 12.7 Å². The molecule has 1 saturated heterocycles. The summed E-state index contributed by atoms with van der Waals surface area (Å²) in [6, 6.07) is 5.91. The molecule has 1 aromatic rings. The van der Waals surface area contributed by atoms with Crippen molar-refractivity contribution in [3.05, 3.63) is 35.4 Å². The molecule has 10 heteroatoms. The van der Waals surface area contributed by atoms with Crippen LogP contribution in [-0.2, 0) is 20.9 Å². The fourth-order valence-corrected chi connectivity index (χ4v) is 4.59. The number of hydrogen-bond donors (Lipinski definition) is 1. The fourth-order valence-electron chi connectivity index (χ4n) is 2.98. The Kier molecular flexibility index (Phi) is 4.44. The third-order valence-corrected chi connectivity index (χ3v) is 5.54. The van der Waals surface area contributed by atoms with E-state index in [-0.39, 0.29) is 0 Å². The summed E-state index contributed by atoms with van der Waals surface area (Å²) in [5, 5.41) is 2.69. The lowest BCUT2D eigenvalue weighted by molar-refractivity contribution is 0.216. The highest BCUT2D eigenvalue weighted by Crippen LogP contribution is 2.38. The second kappa shape index (κ2) is 5.97. The molecule has 126 valence electrons. The molecule has 0 spiro atoms. The van der Waals surface area contributed by atoms with Gasteiger partial charge in [0.15, 0.2) is 0 Å². The number of carbonyl (C=O) groups excluding carboxylic acids is 1. The zero-order valence-electron chi connectivity index (χ0n) is 11.7. The van der Waals surface area contributed by atoms with E-state index < -0.39 is 38.8 Å². The summed E-state index contributed by atoms with van der Waals surface area (Å²) in [5.74, 6) is 0. The average molecular weight is 400 g/mol. The van der Waals surface area contributed by atoms with E-state index in [1.54, 1.807) is 0 Å². The van der Waals surface area contributed by atoms with Crippen molar-refractivity contribution in [2.24, 2.45) is 0 Å². The molecule has 1 N–H and O–H groups in total. The zero-order valence-corrected chi connectivity index (χ0v) is 14.8. The molecule has 0 aromatic heterocycles. The van der Waals surface area contributed by atoms with Crippen molar-refractivity contribution in [1.82, 2.24) is 9.62 Å². The van der Waals surface area contributed by atoms with Crippen LogP contribution >= 0.6 is 34.8 Å². The second-order valence-corrected chi connectivity index (χ2v) is 9.36. The molecule has 6 nitrogen and oxygen atoms in total. The Labute approximate surface area is 148 Å². The zero-order chi connectivity index (χ0) is 16.8. The third kappa shape index (κ3) is 3.39. The Balaban J connectivity index is 1.87. The van der Waals surface area contributed by atoms with Gasteiger partial charge < -0.3 is 5.32 Å². The van der Waals surface area contributed by atoms with Gasteiger partial charge in [-0.3, -0.25) is 0 Å². The Hall–Kier alpha value is -0.730. The lowest BCUT2D eigenvalue weighted by Crippen LogP contribution is -2.42. The first-order chi connectivity index (χ1) is 10.7. The Bertz CT molecular complexity index is 735. The predicted molar refractivity (Wildman–Crippen MR) is 86.8 cm³/mol. The van der Waals surface area contributed by atoms with E-state index in [0.717, 1.165) is 11.1 Å². The monoisotopic (exact) mass is 398 g/mol. The lowest BCUT2D eigenvalue weighted by atomic mass is 9.85. The van der Waals surface area contributed by atoms with Crippen LogP contribution in [0.3, 0.4) is 0 Å². The average Bonchev–Trinajstić information content (AvgIpc) is 2.82. The largest absolute Gasteiger partial charge is 0.366 e. The molecule has 1 fully saturated rings. The number of benzene rings is 1. The molecule has 1 aromatic carbocycles. The maximum atomic E-state index is 12.3. The van der Waals surface area contributed by atoms with Crippen molar-refractivity contribution in [3.8, 4) is 0 Å². The minimum atomic E-state index is -4.35. The van der Waals surface area contributed by atoms with E-state index in [9.17, 15) is 13.2 Å². The minimum Gasteiger partial charge on any atom is -0.328 e. The van der Waals surface area contributed by atoms with Gasteiger partial charge in [-0.05, 0) is 24.0 Å². The highest BCUT2D eigenvalue weighted by molar-refractivity contribution is 7.85. The summed E-state index contributed by atoms with van der Waals surface area (Å²) >= 11 is 16.5. The molecule has 2 aliphatic rings. The summed E-state index contributed by atoms with van der Waals surface area (Å²) in [7, 11) is -4.35. The van der Waals surface area contributed by atoms with Crippen LogP contribution in [0.15, 0.2) is 24.3 Å². The van der Waals surface area contributed by atoms with E-state index in [0.29, 0.717) is 17.1 Å². The van der Waals surface area contributed by atoms with Crippen LogP contribution in [-0.4, -0.2) is 35.2 Å². The normalized spacial score (nSPS) is 24.1. The topological polar surface area (TPSA) is 75.7 Å². The van der Waals surface area contributed by atoms with Gasteiger partial charge >= 0.3 is 16.3 Å². The van der Waals surface area contributed by atoms with Crippen molar-refractivity contribution in [2.45, 2.75) is 28.7 Å². The molecule has 1 unspecified atom stereocenters. The smallest absolute Gasteiger partial charge is 0.328 e. The molecule has 3 rings (SSSR count). The van der Waals surface area contributed by atoms with Gasteiger partial charge in [0, 0.05) is 0 Å². The Morgan fingerprint density at radius 1 is 1.30 bits per heavy atom. The van der Waals surface area contributed by atoms with Crippen molar-refractivity contribution < 1.29 is 17.4 Å². The van der Waals surface area contributed by atoms with E-state index >= 15 is 0 Å². The van der Waals surface area contributed by atoms with Crippen molar-refractivity contribution in [2.75, 3.05) is 6.61 Å². The highest BCUT2D eigenvalue weighted by atomic mass is 35.6. The third-order valence-electron chi connectivity index (χ3n) is 3.88. The molecule has 1 heterocycles. The summed E-state index contributed by atoms with van der Waals surface area (Å²) in [5.41, 5.74) is 2.01. The van der Waals surface area contributed by atoms with E-state index in [1.165, 1.54) is 0 Å². The number of fused-ring (bicyclic) bond motifs is 3.